The van der Waals surface area contributed by atoms with Gasteiger partial charge in [-0.2, -0.15) is 0 Å². The summed E-state index contributed by atoms with van der Waals surface area (Å²) in [5.74, 6) is 0.0934. The van der Waals surface area contributed by atoms with E-state index in [1.165, 1.54) is 0 Å². The van der Waals surface area contributed by atoms with Gasteiger partial charge in [-0.15, -0.1) is 0 Å². The van der Waals surface area contributed by atoms with E-state index in [2.05, 4.69) is 5.32 Å². The van der Waals surface area contributed by atoms with E-state index in [4.69, 9.17) is 0 Å². The highest BCUT2D eigenvalue weighted by Crippen LogP contribution is 2.31. The van der Waals surface area contributed by atoms with Crippen molar-refractivity contribution < 1.29 is 14.7 Å². The number of carbonyl (C=O) groups excluding carboxylic acids is 2. The molecule has 2 amide bonds. The first-order valence-electron chi connectivity index (χ1n) is 9.04. The van der Waals surface area contributed by atoms with E-state index in [1.807, 2.05) is 40.8 Å². The number of hydrogen-bond donors (Lipinski definition) is 2. The third kappa shape index (κ3) is 3.63. The molecule has 0 aromatic carbocycles. The van der Waals surface area contributed by atoms with Crippen LogP contribution in [0.1, 0.15) is 54.8 Å². The second-order valence-electron chi connectivity index (χ2n) is 7.07. The number of amides is 2. The van der Waals surface area contributed by atoms with Crippen molar-refractivity contribution in [1.29, 1.82) is 0 Å². The smallest absolute Gasteiger partial charge is 0.268 e. The number of hydrogen-bond acceptors (Lipinski definition) is 3. The lowest BCUT2D eigenvalue weighted by Gasteiger charge is -2.35. The molecular formula is C19H27N3O3. The summed E-state index contributed by atoms with van der Waals surface area (Å²) in [6.07, 6.45) is 7.70. The number of likely N-dealkylation sites (tertiary alicyclic amines) is 1. The Morgan fingerprint density at radius 3 is 2.76 bits per heavy atom. The normalized spacial score (nSPS) is 26.0. The highest BCUT2D eigenvalue weighted by Gasteiger charge is 2.29. The summed E-state index contributed by atoms with van der Waals surface area (Å²) in [5, 5.41) is 12.2. The number of nitrogens with zero attached hydrogens (tertiary/aromatic N) is 2. The molecule has 0 saturated carbocycles. The Kier molecular flexibility index (Phi) is 5.27. The molecule has 6 nitrogen and oxygen atoms in total. The monoisotopic (exact) mass is 345 g/mol. The van der Waals surface area contributed by atoms with Crippen molar-refractivity contribution in [2.45, 2.75) is 44.7 Å². The number of carbonyl (C=O) groups is 2. The fourth-order valence-electron chi connectivity index (χ4n) is 3.96. The molecule has 3 rings (SSSR count). The van der Waals surface area contributed by atoms with Gasteiger partial charge in [0, 0.05) is 44.8 Å². The second-order valence-corrected chi connectivity index (χ2v) is 7.07. The van der Waals surface area contributed by atoms with Crippen LogP contribution in [-0.2, 0) is 11.8 Å². The fourth-order valence-corrected chi connectivity index (χ4v) is 3.96. The molecule has 1 aliphatic carbocycles. The van der Waals surface area contributed by atoms with Crippen LogP contribution >= 0.6 is 0 Å². The number of rotatable bonds is 4. The summed E-state index contributed by atoms with van der Waals surface area (Å²) >= 11 is 0. The molecule has 3 atom stereocenters. The Morgan fingerprint density at radius 2 is 2.08 bits per heavy atom. The Balaban J connectivity index is 1.73. The van der Waals surface area contributed by atoms with Crippen molar-refractivity contribution in [3.63, 3.8) is 0 Å². The molecule has 2 heterocycles. The van der Waals surface area contributed by atoms with Crippen LogP contribution in [0.25, 0.3) is 0 Å². The van der Waals surface area contributed by atoms with E-state index in [1.54, 1.807) is 6.92 Å². The highest BCUT2D eigenvalue weighted by atomic mass is 16.3. The molecular weight excluding hydrogens is 318 g/mol. The summed E-state index contributed by atoms with van der Waals surface area (Å²) in [7, 11) is 1.89. The summed E-state index contributed by atoms with van der Waals surface area (Å²) < 4.78 is 1.91. The molecule has 2 N–H and O–H groups in total. The van der Waals surface area contributed by atoms with E-state index in [9.17, 15) is 14.7 Å². The maximum atomic E-state index is 12.6. The van der Waals surface area contributed by atoms with Crippen molar-refractivity contribution in [3.05, 3.63) is 35.7 Å². The predicted octanol–water partition coefficient (Wildman–Crippen LogP) is 1.77. The van der Waals surface area contributed by atoms with Gasteiger partial charge in [-0.1, -0.05) is 12.2 Å². The van der Waals surface area contributed by atoms with Gasteiger partial charge in [0.25, 0.3) is 5.91 Å². The van der Waals surface area contributed by atoms with Crippen LogP contribution in [0.5, 0.6) is 0 Å². The molecule has 6 heteroatoms. The zero-order valence-electron chi connectivity index (χ0n) is 14.9. The molecule has 1 saturated heterocycles. The number of aromatic nitrogens is 1. The molecule has 1 aromatic rings. The van der Waals surface area contributed by atoms with E-state index in [0.717, 1.165) is 37.9 Å². The number of aliphatic hydroxyl groups is 1. The molecule has 136 valence electrons. The van der Waals surface area contributed by atoms with Crippen LogP contribution in [0.15, 0.2) is 24.3 Å². The van der Waals surface area contributed by atoms with Crippen LogP contribution in [0.3, 0.4) is 0 Å². The summed E-state index contributed by atoms with van der Waals surface area (Å²) in [6.45, 7) is 2.50. The third-order valence-electron chi connectivity index (χ3n) is 5.37. The van der Waals surface area contributed by atoms with Crippen LogP contribution in [0.4, 0.5) is 0 Å². The van der Waals surface area contributed by atoms with Gasteiger partial charge in [-0.25, -0.2) is 0 Å². The van der Waals surface area contributed by atoms with Crippen LogP contribution in [0.2, 0.25) is 0 Å². The average Bonchev–Trinajstić information content (AvgIpc) is 3.21. The summed E-state index contributed by atoms with van der Waals surface area (Å²) in [4.78, 5) is 26.5. The molecule has 25 heavy (non-hydrogen) atoms. The first kappa shape index (κ1) is 17.7. The van der Waals surface area contributed by atoms with Crippen molar-refractivity contribution in [2.24, 2.45) is 13.0 Å². The maximum absolute atomic E-state index is 12.6. The van der Waals surface area contributed by atoms with E-state index >= 15 is 0 Å². The molecule has 2 aliphatic rings. The fraction of sp³-hybridized carbons (Fsp3) is 0.579. The zero-order valence-corrected chi connectivity index (χ0v) is 14.9. The quantitative estimate of drug-likeness (QED) is 0.817. The van der Waals surface area contributed by atoms with Gasteiger partial charge in [0.05, 0.1) is 6.04 Å². The van der Waals surface area contributed by atoms with Crippen molar-refractivity contribution in [1.82, 2.24) is 14.8 Å². The summed E-state index contributed by atoms with van der Waals surface area (Å²) in [6, 6.07) is 3.80. The third-order valence-corrected chi connectivity index (χ3v) is 5.37. The van der Waals surface area contributed by atoms with Crippen LogP contribution in [-0.4, -0.2) is 45.6 Å². The van der Waals surface area contributed by atoms with E-state index in [-0.39, 0.29) is 36.4 Å². The van der Waals surface area contributed by atoms with Crippen LogP contribution in [0, 0.1) is 5.92 Å². The van der Waals surface area contributed by atoms with Gasteiger partial charge in [-0.05, 0) is 37.8 Å². The molecule has 0 radical (unpaired) electrons. The van der Waals surface area contributed by atoms with E-state index < -0.39 is 0 Å². The van der Waals surface area contributed by atoms with Gasteiger partial charge in [-0.3, -0.25) is 9.59 Å². The van der Waals surface area contributed by atoms with Crippen LogP contribution < -0.4 is 5.32 Å². The van der Waals surface area contributed by atoms with Gasteiger partial charge < -0.3 is 19.9 Å². The molecule has 1 aliphatic heterocycles. The molecule has 0 unspecified atom stereocenters. The zero-order chi connectivity index (χ0) is 18.0. The van der Waals surface area contributed by atoms with Gasteiger partial charge in [0.1, 0.15) is 5.69 Å². The minimum absolute atomic E-state index is 0.0357. The molecule has 0 bridgehead atoms. The first-order valence-corrected chi connectivity index (χ1v) is 9.04. The molecule has 1 aromatic heterocycles. The second kappa shape index (κ2) is 7.44. The number of aliphatic hydroxyl groups excluding tert-OH is 1. The Hall–Kier alpha value is -2.08. The maximum Gasteiger partial charge on any atom is 0.268 e. The Morgan fingerprint density at radius 1 is 1.28 bits per heavy atom. The van der Waals surface area contributed by atoms with Gasteiger partial charge in [0.2, 0.25) is 5.91 Å². The Labute approximate surface area is 148 Å². The lowest BCUT2D eigenvalue weighted by Crippen LogP contribution is -2.38. The standard InChI is InChI=1S/C19H27N3O3/c1-13(24)22-10-4-3-5-17(22)16-8-9-18(21(16)2)19(25)20-15-7-6-14(11-15)12-23/h6-9,14-15,17,23H,3-5,10-12H2,1-2H3,(H,20,25)/t14-,15+,17-/m0/s1. The minimum Gasteiger partial charge on any atom is -0.396 e. The van der Waals surface area contributed by atoms with Gasteiger partial charge in [0.15, 0.2) is 0 Å². The van der Waals surface area contributed by atoms with Crippen molar-refractivity contribution >= 4 is 11.8 Å². The van der Waals surface area contributed by atoms with Crippen molar-refractivity contribution in [3.8, 4) is 0 Å². The topological polar surface area (TPSA) is 74.6 Å². The first-order chi connectivity index (χ1) is 12.0. The van der Waals surface area contributed by atoms with Crippen molar-refractivity contribution in [2.75, 3.05) is 13.2 Å². The predicted molar refractivity (Wildman–Crippen MR) is 95.0 cm³/mol. The molecule has 1 fully saturated rings. The SMILES string of the molecule is CC(=O)N1CCCC[C@H]1c1ccc(C(=O)N[C@@H]2C=C[C@H](CO)C2)n1C. The van der Waals surface area contributed by atoms with Gasteiger partial charge >= 0.3 is 0 Å². The minimum atomic E-state index is -0.118. The largest absolute Gasteiger partial charge is 0.396 e. The lowest BCUT2D eigenvalue weighted by molar-refractivity contribution is -0.132. The number of piperidine rings is 1. The number of nitrogens with one attached hydrogen (secondary N) is 1. The van der Waals surface area contributed by atoms with E-state index in [0.29, 0.717) is 5.69 Å². The average molecular weight is 345 g/mol. The Bertz CT molecular complexity index is 679. The summed E-state index contributed by atoms with van der Waals surface area (Å²) in [5.41, 5.74) is 1.61. The highest BCUT2D eigenvalue weighted by molar-refractivity contribution is 5.93. The lowest BCUT2D eigenvalue weighted by atomic mass is 9.99. The molecule has 0 spiro atoms.